The topological polar surface area (TPSA) is 46.6 Å². The van der Waals surface area contributed by atoms with E-state index in [4.69, 9.17) is 4.74 Å². The van der Waals surface area contributed by atoms with Gasteiger partial charge < -0.3 is 9.64 Å². The smallest absolute Gasteiger partial charge is 0.329 e. The van der Waals surface area contributed by atoms with Gasteiger partial charge in [0.05, 0.1) is 6.61 Å². The van der Waals surface area contributed by atoms with Crippen molar-refractivity contribution in [1.29, 1.82) is 0 Å². The molecule has 1 saturated carbocycles. The first-order valence-electron chi connectivity index (χ1n) is 5.79. The van der Waals surface area contributed by atoms with Gasteiger partial charge in [-0.3, -0.25) is 4.79 Å². The fourth-order valence-corrected chi connectivity index (χ4v) is 2.90. The van der Waals surface area contributed by atoms with Crippen molar-refractivity contribution in [2.24, 2.45) is 5.92 Å². The summed E-state index contributed by atoms with van der Waals surface area (Å²) in [6.07, 6.45) is 1.97. The van der Waals surface area contributed by atoms with E-state index in [1.807, 2.05) is 0 Å². The van der Waals surface area contributed by atoms with E-state index in [1.165, 1.54) is 0 Å². The second kappa shape index (κ2) is 5.08. The fraction of sp³-hybridized carbons (Fsp3) is 0.818. The maximum atomic E-state index is 12.0. The Labute approximate surface area is 99.7 Å². The zero-order valence-corrected chi connectivity index (χ0v) is 10.3. The lowest BCUT2D eigenvalue weighted by atomic mass is 10.2. The molecule has 2 fully saturated rings. The quantitative estimate of drug-likeness (QED) is 0.691. The van der Waals surface area contributed by atoms with Gasteiger partial charge in [0.25, 0.3) is 0 Å². The van der Waals surface area contributed by atoms with Crippen molar-refractivity contribution in [1.82, 2.24) is 4.90 Å². The van der Waals surface area contributed by atoms with E-state index < -0.39 is 0 Å². The van der Waals surface area contributed by atoms with Crippen LogP contribution in [0.25, 0.3) is 0 Å². The normalized spacial score (nSPS) is 25.3. The minimum absolute atomic E-state index is 0.151. The number of ether oxygens (including phenoxy) is 1. The molecule has 5 heteroatoms. The summed E-state index contributed by atoms with van der Waals surface area (Å²) < 4.78 is 5.02. The summed E-state index contributed by atoms with van der Waals surface area (Å²) in [4.78, 5) is 25.4. The van der Waals surface area contributed by atoms with Crippen LogP contribution in [0.3, 0.4) is 0 Å². The SMILES string of the molecule is CCOC(=O)C1CSCCN1C(=O)C1CC1. The Kier molecular flexibility index (Phi) is 3.74. The molecule has 1 unspecified atom stereocenters. The van der Waals surface area contributed by atoms with Crippen molar-refractivity contribution < 1.29 is 14.3 Å². The zero-order chi connectivity index (χ0) is 11.5. The number of rotatable bonds is 3. The van der Waals surface area contributed by atoms with Gasteiger partial charge in [0.15, 0.2) is 0 Å². The molecule has 0 spiro atoms. The molecule has 4 nitrogen and oxygen atoms in total. The second-order valence-corrected chi connectivity index (χ2v) is 5.30. The number of esters is 1. The van der Waals surface area contributed by atoms with Crippen LogP contribution in [0.15, 0.2) is 0 Å². The van der Waals surface area contributed by atoms with E-state index in [9.17, 15) is 9.59 Å². The Morgan fingerprint density at radius 3 is 2.81 bits per heavy atom. The lowest BCUT2D eigenvalue weighted by Crippen LogP contribution is -2.51. The molecule has 0 aromatic carbocycles. The van der Waals surface area contributed by atoms with E-state index in [2.05, 4.69) is 0 Å². The lowest BCUT2D eigenvalue weighted by Gasteiger charge is -2.33. The van der Waals surface area contributed by atoms with Crippen LogP contribution >= 0.6 is 11.8 Å². The number of thioether (sulfide) groups is 1. The van der Waals surface area contributed by atoms with Gasteiger partial charge in [0.2, 0.25) is 5.91 Å². The highest BCUT2D eigenvalue weighted by molar-refractivity contribution is 7.99. The first-order chi connectivity index (χ1) is 7.74. The molecule has 0 bridgehead atoms. The van der Waals surface area contributed by atoms with Crippen LogP contribution < -0.4 is 0 Å². The molecular weight excluding hydrogens is 226 g/mol. The highest BCUT2D eigenvalue weighted by Gasteiger charge is 2.40. The Hall–Kier alpha value is -0.710. The number of carbonyl (C=O) groups is 2. The maximum Gasteiger partial charge on any atom is 0.329 e. The molecule has 1 saturated heterocycles. The van der Waals surface area contributed by atoms with Gasteiger partial charge in [-0.15, -0.1) is 0 Å². The predicted molar refractivity (Wildman–Crippen MR) is 62.2 cm³/mol. The third-order valence-corrected chi connectivity index (χ3v) is 3.92. The van der Waals surface area contributed by atoms with Gasteiger partial charge in [0, 0.05) is 24.0 Å². The first kappa shape index (κ1) is 11.8. The van der Waals surface area contributed by atoms with E-state index in [-0.39, 0.29) is 23.8 Å². The fourth-order valence-electron chi connectivity index (χ4n) is 1.87. The highest BCUT2D eigenvalue weighted by atomic mass is 32.2. The molecule has 1 aliphatic carbocycles. The third kappa shape index (κ3) is 2.51. The molecule has 2 rings (SSSR count). The van der Waals surface area contributed by atoms with Gasteiger partial charge in [-0.2, -0.15) is 11.8 Å². The van der Waals surface area contributed by atoms with E-state index >= 15 is 0 Å². The molecule has 0 aromatic rings. The van der Waals surface area contributed by atoms with Gasteiger partial charge in [-0.1, -0.05) is 0 Å². The average Bonchev–Trinajstić information content (AvgIpc) is 3.12. The molecule has 1 amide bonds. The van der Waals surface area contributed by atoms with Crippen molar-refractivity contribution in [2.45, 2.75) is 25.8 Å². The summed E-state index contributed by atoms with van der Waals surface area (Å²) in [5.41, 5.74) is 0. The second-order valence-electron chi connectivity index (χ2n) is 4.15. The van der Waals surface area contributed by atoms with Gasteiger partial charge in [0.1, 0.15) is 6.04 Å². The summed E-state index contributed by atoms with van der Waals surface area (Å²) >= 11 is 1.72. The Balaban J connectivity index is 2.00. The predicted octanol–water partition coefficient (Wildman–Crippen LogP) is 0.903. The van der Waals surface area contributed by atoms with Crippen LogP contribution in [0, 0.1) is 5.92 Å². The van der Waals surface area contributed by atoms with Crippen molar-refractivity contribution in [3.8, 4) is 0 Å². The minimum Gasteiger partial charge on any atom is -0.464 e. The summed E-state index contributed by atoms with van der Waals surface area (Å²) in [6, 6.07) is -0.355. The first-order valence-corrected chi connectivity index (χ1v) is 6.94. The van der Waals surface area contributed by atoms with Gasteiger partial charge in [-0.25, -0.2) is 4.79 Å². The molecule has 1 heterocycles. The zero-order valence-electron chi connectivity index (χ0n) is 9.48. The van der Waals surface area contributed by atoms with Crippen LogP contribution in [0.1, 0.15) is 19.8 Å². The van der Waals surface area contributed by atoms with Crippen LogP contribution in [-0.2, 0) is 14.3 Å². The number of carbonyl (C=O) groups excluding carboxylic acids is 2. The van der Waals surface area contributed by atoms with Crippen molar-refractivity contribution in [3.63, 3.8) is 0 Å². The number of amides is 1. The molecule has 0 aromatic heterocycles. The van der Waals surface area contributed by atoms with Crippen molar-refractivity contribution in [2.75, 3.05) is 24.7 Å². The molecule has 16 heavy (non-hydrogen) atoms. The molecule has 1 atom stereocenters. The molecule has 0 N–H and O–H groups in total. The number of nitrogens with zero attached hydrogens (tertiary/aromatic N) is 1. The van der Waals surface area contributed by atoms with Crippen LogP contribution in [0.5, 0.6) is 0 Å². The monoisotopic (exact) mass is 243 g/mol. The molecule has 2 aliphatic rings. The Morgan fingerprint density at radius 1 is 1.44 bits per heavy atom. The maximum absolute atomic E-state index is 12.0. The summed E-state index contributed by atoms with van der Waals surface area (Å²) in [5, 5.41) is 0. The van der Waals surface area contributed by atoms with Crippen LogP contribution in [0.4, 0.5) is 0 Å². The van der Waals surface area contributed by atoms with E-state index in [0.717, 1.165) is 18.6 Å². The summed E-state index contributed by atoms with van der Waals surface area (Å²) in [6.45, 7) is 2.86. The summed E-state index contributed by atoms with van der Waals surface area (Å²) in [7, 11) is 0. The van der Waals surface area contributed by atoms with Gasteiger partial charge in [-0.05, 0) is 19.8 Å². The highest BCUT2D eigenvalue weighted by Crippen LogP contribution is 2.33. The Bertz CT molecular complexity index is 291. The Morgan fingerprint density at radius 2 is 2.19 bits per heavy atom. The van der Waals surface area contributed by atoms with Crippen molar-refractivity contribution >= 4 is 23.6 Å². The largest absolute Gasteiger partial charge is 0.464 e. The average molecular weight is 243 g/mol. The molecule has 1 aliphatic heterocycles. The lowest BCUT2D eigenvalue weighted by molar-refractivity contribution is -0.154. The number of hydrogen-bond acceptors (Lipinski definition) is 4. The van der Waals surface area contributed by atoms with E-state index in [0.29, 0.717) is 18.9 Å². The summed E-state index contributed by atoms with van der Waals surface area (Å²) in [5.74, 6) is 1.69. The molecule has 90 valence electrons. The molecular formula is C11H17NO3S. The van der Waals surface area contributed by atoms with Crippen LogP contribution in [0.2, 0.25) is 0 Å². The minimum atomic E-state index is -0.355. The van der Waals surface area contributed by atoms with Gasteiger partial charge >= 0.3 is 5.97 Å². The molecule has 0 radical (unpaired) electrons. The van der Waals surface area contributed by atoms with Crippen molar-refractivity contribution in [3.05, 3.63) is 0 Å². The standard InChI is InChI=1S/C11H17NO3S/c1-2-15-11(14)9-7-16-6-5-12(9)10(13)8-3-4-8/h8-9H,2-7H2,1H3. The third-order valence-electron chi connectivity index (χ3n) is 2.90. The van der Waals surface area contributed by atoms with Crippen LogP contribution in [-0.4, -0.2) is 47.5 Å². The van der Waals surface area contributed by atoms with E-state index in [1.54, 1.807) is 23.6 Å². The number of hydrogen-bond donors (Lipinski definition) is 0.